The van der Waals surface area contributed by atoms with Gasteiger partial charge in [0.25, 0.3) is 0 Å². The third kappa shape index (κ3) is 5.43. The van der Waals surface area contributed by atoms with Gasteiger partial charge in [-0.15, -0.1) is 0 Å². The van der Waals surface area contributed by atoms with Gasteiger partial charge >= 0.3 is 0 Å². The highest BCUT2D eigenvalue weighted by atomic mass is 15.1. The summed E-state index contributed by atoms with van der Waals surface area (Å²) in [5.74, 6) is 0. The molecule has 10 aromatic carbocycles. The van der Waals surface area contributed by atoms with Crippen LogP contribution in [0.25, 0.3) is 60.5 Å². The molecule has 0 unspecified atom stereocenters. The summed E-state index contributed by atoms with van der Waals surface area (Å²) in [4.78, 5) is 2.43. The molecular weight excluding hydrogens is 737 g/mol. The second kappa shape index (κ2) is 14.1. The Labute approximate surface area is 355 Å². The first-order valence-corrected chi connectivity index (χ1v) is 21.1. The molecule has 0 N–H and O–H groups in total. The SMILES string of the molecule is c1ccc(-c2ccc(-n3c4cc(N(c5ccccc5)c5ccc6c(c5)C(c5ccccc5)(c5ccccc5)c5ccccc5-6)ccc4c4ccc5ccccc5c43)cc2)cc1. The quantitative estimate of drug-likeness (QED) is 0.156. The van der Waals surface area contributed by atoms with E-state index in [1.165, 1.54) is 71.6 Å². The van der Waals surface area contributed by atoms with E-state index < -0.39 is 5.41 Å². The first-order chi connectivity index (χ1) is 30.3. The van der Waals surface area contributed by atoms with Crippen molar-refractivity contribution in [1.29, 1.82) is 0 Å². The van der Waals surface area contributed by atoms with Crippen LogP contribution in [0.2, 0.25) is 0 Å². The zero-order valence-corrected chi connectivity index (χ0v) is 33.5. The van der Waals surface area contributed by atoms with Crippen molar-refractivity contribution < 1.29 is 0 Å². The van der Waals surface area contributed by atoms with Crippen molar-refractivity contribution in [2.45, 2.75) is 5.41 Å². The number of anilines is 3. The first kappa shape index (κ1) is 35.0. The van der Waals surface area contributed by atoms with Gasteiger partial charge in [0.2, 0.25) is 0 Å². The standard InChI is InChI=1S/C59H40N2/c1-5-17-41(18-6-1)42-29-32-47(33-30-42)61-57-40-49(35-38-53(57)54-36-31-43-19-13-14-26-50(43)58(54)61)60(46-24-11-4-12-25-46)48-34-37-52-51-27-15-16-28-55(51)59(56(52)39-48,44-20-7-2-8-21-44)45-22-9-3-10-23-45/h1-40H. The van der Waals surface area contributed by atoms with Crippen LogP contribution in [0.5, 0.6) is 0 Å². The smallest absolute Gasteiger partial charge is 0.0714 e. The molecule has 11 aromatic rings. The molecule has 0 saturated heterocycles. The molecule has 1 aliphatic carbocycles. The number of nitrogens with zero attached hydrogens (tertiary/aromatic N) is 2. The van der Waals surface area contributed by atoms with E-state index in [1.807, 2.05) is 0 Å². The van der Waals surface area contributed by atoms with E-state index >= 15 is 0 Å². The van der Waals surface area contributed by atoms with E-state index in [9.17, 15) is 0 Å². The van der Waals surface area contributed by atoms with Crippen LogP contribution in [0.1, 0.15) is 22.3 Å². The Morgan fingerprint density at radius 1 is 0.344 bits per heavy atom. The summed E-state index contributed by atoms with van der Waals surface area (Å²) in [5.41, 5.74) is 16.4. The summed E-state index contributed by atoms with van der Waals surface area (Å²) >= 11 is 0. The maximum Gasteiger partial charge on any atom is 0.0714 e. The summed E-state index contributed by atoms with van der Waals surface area (Å²) in [7, 11) is 0. The minimum Gasteiger partial charge on any atom is -0.310 e. The average Bonchev–Trinajstić information content (AvgIpc) is 3.83. The first-order valence-electron chi connectivity index (χ1n) is 21.1. The van der Waals surface area contributed by atoms with Crippen LogP contribution >= 0.6 is 0 Å². The van der Waals surface area contributed by atoms with E-state index in [2.05, 4.69) is 252 Å². The predicted molar refractivity (Wildman–Crippen MR) is 256 cm³/mol. The van der Waals surface area contributed by atoms with E-state index in [4.69, 9.17) is 0 Å². The largest absolute Gasteiger partial charge is 0.310 e. The van der Waals surface area contributed by atoms with Crippen LogP contribution in [0.4, 0.5) is 17.1 Å². The van der Waals surface area contributed by atoms with E-state index in [0.717, 1.165) is 28.3 Å². The molecule has 0 bridgehead atoms. The minimum absolute atomic E-state index is 0.504. The molecule has 0 radical (unpaired) electrons. The average molecular weight is 777 g/mol. The van der Waals surface area contributed by atoms with Gasteiger partial charge in [-0.3, -0.25) is 0 Å². The molecule has 0 fully saturated rings. The fourth-order valence-corrected chi connectivity index (χ4v) is 10.2. The van der Waals surface area contributed by atoms with Crippen LogP contribution in [0, 0.1) is 0 Å². The Hall–Kier alpha value is -7.94. The molecule has 12 rings (SSSR count). The highest BCUT2D eigenvalue weighted by molar-refractivity contribution is 6.19. The molecule has 0 aliphatic heterocycles. The molecule has 1 aromatic heterocycles. The molecule has 1 heterocycles. The maximum absolute atomic E-state index is 2.48. The molecule has 0 atom stereocenters. The Morgan fingerprint density at radius 2 is 0.902 bits per heavy atom. The van der Waals surface area contributed by atoms with Crippen molar-refractivity contribution >= 4 is 49.6 Å². The minimum atomic E-state index is -0.504. The summed E-state index contributed by atoms with van der Waals surface area (Å²) in [5, 5.41) is 4.93. The van der Waals surface area contributed by atoms with Gasteiger partial charge in [-0.05, 0) is 98.4 Å². The highest BCUT2D eigenvalue weighted by Crippen LogP contribution is 2.57. The van der Waals surface area contributed by atoms with E-state index in [-0.39, 0.29) is 0 Å². The molecular formula is C59H40N2. The van der Waals surface area contributed by atoms with Gasteiger partial charge in [-0.25, -0.2) is 0 Å². The molecule has 286 valence electrons. The lowest BCUT2D eigenvalue weighted by Crippen LogP contribution is -2.28. The van der Waals surface area contributed by atoms with Crippen LogP contribution in [-0.4, -0.2) is 4.57 Å². The molecule has 1 aliphatic rings. The van der Waals surface area contributed by atoms with Crippen molar-refractivity contribution in [2.75, 3.05) is 4.90 Å². The normalized spacial score (nSPS) is 12.7. The lowest BCUT2D eigenvalue weighted by atomic mass is 9.67. The molecule has 2 heteroatoms. The topological polar surface area (TPSA) is 8.17 Å². The number of para-hydroxylation sites is 1. The van der Waals surface area contributed by atoms with Crippen LogP contribution in [-0.2, 0) is 5.41 Å². The Bertz CT molecular complexity index is 3350. The zero-order chi connectivity index (χ0) is 40.3. The summed E-state index contributed by atoms with van der Waals surface area (Å²) in [6.45, 7) is 0. The maximum atomic E-state index is 2.48. The molecule has 0 spiro atoms. The number of aromatic nitrogens is 1. The van der Waals surface area contributed by atoms with Crippen molar-refractivity contribution in [2.24, 2.45) is 0 Å². The summed E-state index contributed by atoms with van der Waals surface area (Å²) < 4.78 is 2.48. The Morgan fingerprint density at radius 3 is 1.64 bits per heavy atom. The highest BCUT2D eigenvalue weighted by Gasteiger charge is 2.46. The molecule has 61 heavy (non-hydrogen) atoms. The van der Waals surface area contributed by atoms with Crippen molar-refractivity contribution in [3.05, 3.63) is 265 Å². The number of hydrogen-bond acceptors (Lipinski definition) is 1. The van der Waals surface area contributed by atoms with Crippen molar-refractivity contribution in [1.82, 2.24) is 4.57 Å². The van der Waals surface area contributed by atoms with Gasteiger partial charge in [0.1, 0.15) is 0 Å². The second-order valence-electron chi connectivity index (χ2n) is 16.1. The predicted octanol–water partition coefficient (Wildman–Crippen LogP) is 15.4. The summed E-state index contributed by atoms with van der Waals surface area (Å²) in [6, 6.07) is 89.1. The third-order valence-electron chi connectivity index (χ3n) is 12.8. The van der Waals surface area contributed by atoms with Crippen molar-refractivity contribution in [3.63, 3.8) is 0 Å². The van der Waals surface area contributed by atoms with Gasteiger partial charge in [0, 0.05) is 38.9 Å². The molecule has 2 nitrogen and oxygen atoms in total. The third-order valence-corrected chi connectivity index (χ3v) is 12.8. The van der Waals surface area contributed by atoms with Gasteiger partial charge in [-0.1, -0.05) is 194 Å². The fraction of sp³-hybridized carbons (Fsp3) is 0.0169. The number of hydrogen-bond donors (Lipinski definition) is 0. The Kier molecular flexibility index (Phi) is 8.11. The summed E-state index contributed by atoms with van der Waals surface area (Å²) in [6.07, 6.45) is 0. The molecule has 0 saturated carbocycles. The number of benzene rings is 10. The number of fused-ring (bicyclic) bond motifs is 8. The Balaban J connectivity index is 1.11. The van der Waals surface area contributed by atoms with Crippen LogP contribution in [0.15, 0.2) is 243 Å². The van der Waals surface area contributed by atoms with Crippen molar-refractivity contribution in [3.8, 4) is 27.9 Å². The lowest BCUT2D eigenvalue weighted by Gasteiger charge is -2.35. The van der Waals surface area contributed by atoms with E-state index in [1.54, 1.807) is 0 Å². The van der Waals surface area contributed by atoms with Gasteiger partial charge < -0.3 is 9.47 Å². The van der Waals surface area contributed by atoms with Crippen LogP contribution < -0.4 is 4.90 Å². The van der Waals surface area contributed by atoms with E-state index in [0.29, 0.717) is 0 Å². The second-order valence-corrected chi connectivity index (χ2v) is 16.1. The molecule has 0 amide bonds. The zero-order valence-electron chi connectivity index (χ0n) is 33.5. The van der Waals surface area contributed by atoms with Gasteiger partial charge in [0.15, 0.2) is 0 Å². The monoisotopic (exact) mass is 776 g/mol. The fourth-order valence-electron chi connectivity index (χ4n) is 10.2. The van der Waals surface area contributed by atoms with Crippen LogP contribution in [0.3, 0.4) is 0 Å². The lowest BCUT2D eigenvalue weighted by molar-refractivity contribution is 0.768. The number of rotatable bonds is 7. The van der Waals surface area contributed by atoms with Gasteiger partial charge in [-0.2, -0.15) is 0 Å². The van der Waals surface area contributed by atoms with Gasteiger partial charge in [0.05, 0.1) is 16.4 Å².